The number of hydrogen-bond acceptors (Lipinski definition) is 8. The van der Waals surface area contributed by atoms with Gasteiger partial charge >= 0.3 is 19.8 Å². The number of hydrogen-bond donors (Lipinski definition) is 1. The van der Waals surface area contributed by atoms with E-state index in [4.69, 9.17) is 23.3 Å². The molecule has 0 saturated carbocycles. The van der Waals surface area contributed by atoms with Gasteiger partial charge in [-0.05, 0) is 89.9 Å². The predicted octanol–water partition coefficient (Wildman–Crippen LogP) is 13.2. The summed E-state index contributed by atoms with van der Waals surface area (Å²) < 4.78 is 40.1. The van der Waals surface area contributed by atoms with Crippen LogP contribution in [-0.2, 0) is 37.4 Å². The van der Waals surface area contributed by atoms with E-state index in [1.54, 1.807) is 0 Å². The van der Waals surface area contributed by atoms with E-state index in [1.165, 1.54) is 51.4 Å². The maximum absolute atomic E-state index is 12.7. The number of phosphoric acid groups is 1. The lowest BCUT2D eigenvalue weighted by atomic mass is 10.1. The average Bonchev–Trinajstić information content (AvgIpc) is 3.98. The molecular weight excluding hydrogens is 802 g/mol. The molecule has 62 heavy (non-hydrogen) atoms. The van der Waals surface area contributed by atoms with E-state index in [0.717, 1.165) is 83.5 Å². The first-order chi connectivity index (χ1) is 30.0. The van der Waals surface area contributed by atoms with Gasteiger partial charge in [-0.1, -0.05) is 145 Å². The van der Waals surface area contributed by atoms with Crippen molar-refractivity contribution in [1.82, 2.24) is 0 Å². The Morgan fingerprint density at radius 3 is 1.63 bits per heavy atom. The maximum Gasteiger partial charge on any atom is 0.472 e. The summed E-state index contributed by atoms with van der Waals surface area (Å²) >= 11 is 0. The highest BCUT2D eigenvalue weighted by molar-refractivity contribution is 7.47. The quantitative estimate of drug-likeness (QED) is 0.0159. The van der Waals surface area contributed by atoms with Crippen LogP contribution in [0.3, 0.4) is 0 Å². The average molecular weight is 891 g/mol. The Balaban J connectivity index is 2.30. The summed E-state index contributed by atoms with van der Waals surface area (Å²) in [5.41, 5.74) is 0. The Labute approximate surface area is 378 Å². The third-order valence-electron chi connectivity index (χ3n) is 10.4. The minimum atomic E-state index is -4.40. The number of esters is 2. The minimum Gasteiger partial charge on any atom is -0.462 e. The Bertz CT molecular complexity index is 1350. The van der Waals surface area contributed by atoms with Crippen LogP contribution in [0.4, 0.5) is 0 Å². The maximum atomic E-state index is 12.7. The second kappa shape index (κ2) is 38.8. The number of unbranched alkanes of at least 4 members (excludes halogenated alkanes) is 14. The zero-order valence-electron chi connectivity index (χ0n) is 39.8. The number of epoxide rings is 1. The first-order valence-electron chi connectivity index (χ1n) is 24.3. The van der Waals surface area contributed by atoms with Crippen molar-refractivity contribution in [2.24, 2.45) is 0 Å². The van der Waals surface area contributed by atoms with Crippen LogP contribution in [0.1, 0.15) is 174 Å². The lowest BCUT2D eigenvalue weighted by molar-refractivity contribution is -0.870. The number of likely N-dealkylation sites (N-methyl/N-ethyl adjacent to an activating group) is 1. The highest BCUT2D eigenvalue weighted by Crippen LogP contribution is 2.43. The van der Waals surface area contributed by atoms with Gasteiger partial charge in [0.1, 0.15) is 19.8 Å². The number of rotatable bonds is 42. The van der Waals surface area contributed by atoms with Crippen molar-refractivity contribution in [2.45, 2.75) is 193 Å². The van der Waals surface area contributed by atoms with E-state index in [0.29, 0.717) is 36.1 Å². The third-order valence-corrected chi connectivity index (χ3v) is 11.3. The van der Waals surface area contributed by atoms with Gasteiger partial charge in [0.25, 0.3) is 0 Å². The highest BCUT2D eigenvalue weighted by Gasteiger charge is 2.36. The molecule has 356 valence electrons. The zero-order chi connectivity index (χ0) is 45.4. The van der Waals surface area contributed by atoms with Crippen molar-refractivity contribution in [3.05, 3.63) is 72.9 Å². The Morgan fingerprint density at radius 1 is 0.581 bits per heavy atom. The van der Waals surface area contributed by atoms with Crippen molar-refractivity contribution in [1.29, 1.82) is 0 Å². The molecule has 0 spiro atoms. The van der Waals surface area contributed by atoms with E-state index in [9.17, 15) is 19.0 Å². The Kier molecular flexibility index (Phi) is 36.0. The van der Waals surface area contributed by atoms with Gasteiger partial charge in [0.05, 0.1) is 40.0 Å². The summed E-state index contributed by atoms with van der Waals surface area (Å²) in [6.07, 6.45) is 51.2. The molecule has 0 aliphatic carbocycles. The van der Waals surface area contributed by atoms with Gasteiger partial charge in [-0.15, -0.1) is 0 Å². The fourth-order valence-corrected chi connectivity index (χ4v) is 7.15. The van der Waals surface area contributed by atoms with Crippen LogP contribution >= 0.6 is 7.82 Å². The van der Waals surface area contributed by atoms with Crippen LogP contribution < -0.4 is 0 Å². The molecular formula is C51H89NO9P+. The number of carbonyl (C=O) groups excluding carboxylic acids is 2. The predicted molar refractivity (Wildman–Crippen MR) is 256 cm³/mol. The van der Waals surface area contributed by atoms with Gasteiger partial charge in [0.2, 0.25) is 0 Å². The molecule has 1 aliphatic rings. The molecule has 0 aromatic carbocycles. The molecule has 1 heterocycles. The molecule has 1 rings (SSSR count). The Morgan fingerprint density at radius 2 is 1.03 bits per heavy atom. The summed E-state index contributed by atoms with van der Waals surface area (Å²) in [4.78, 5) is 35.5. The van der Waals surface area contributed by atoms with Crippen molar-refractivity contribution in [3.8, 4) is 0 Å². The van der Waals surface area contributed by atoms with E-state index in [1.807, 2.05) is 21.1 Å². The first kappa shape index (κ1) is 57.4. The first-order valence-corrected chi connectivity index (χ1v) is 25.8. The standard InChI is InChI=1S/C51H88NO9P/c1-6-8-10-12-14-15-16-17-18-19-20-21-22-23-24-25-26-29-34-38-42-51(54)60-47(46-59-62(55,56)58-44-43-52(3,4)5)45-57-50(53)41-37-33-30-27-28-32-36-40-49-48(61-49)39-35-31-13-11-9-7-2/h15-16,18-19,21-22,27,30-32,35-36,47-49H,6-14,17,20,23-26,28-29,33-34,37-46H2,1-5H3/p+1/b16-15-,19-18-,22-21-,30-27-,35-31-,36-32-/t47-,48?,49?/m1/s1. The molecule has 1 N–H and O–H groups in total. The second-order valence-electron chi connectivity index (χ2n) is 17.5. The molecule has 1 fully saturated rings. The van der Waals surface area contributed by atoms with Crippen LogP contribution in [0, 0.1) is 0 Å². The van der Waals surface area contributed by atoms with Gasteiger partial charge in [0, 0.05) is 12.8 Å². The molecule has 4 atom stereocenters. The summed E-state index contributed by atoms with van der Waals surface area (Å²) in [5.74, 6) is -0.889. The van der Waals surface area contributed by atoms with E-state index < -0.39 is 32.5 Å². The van der Waals surface area contributed by atoms with Gasteiger partial charge in [0.15, 0.2) is 6.10 Å². The van der Waals surface area contributed by atoms with Crippen molar-refractivity contribution < 1.29 is 46.8 Å². The van der Waals surface area contributed by atoms with Crippen LogP contribution in [0.15, 0.2) is 72.9 Å². The third kappa shape index (κ3) is 39.0. The lowest BCUT2D eigenvalue weighted by Crippen LogP contribution is -2.37. The van der Waals surface area contributed by atoms with Crippen molar-refractivity contribution >= 4 is 19.8 Å². The lowest BCUT2D eigenvalue weighted by Gasteiger charge is -2.24. The minimum absolute atomic E-state index is 0.0145. The number of quaternary nitrogens is 1. The van der Waals surface area contributed by atoms with Crippen LogP contribution in [0.2, 0.25) is 0 Å². The van der Waals surface area contributed by atoms with E-state index >= 15 is 0 Å². The molecule has 0 aromatic heterocycles. The van der Waals surface area contributed by atoms with Crippen molar-refractivity contribution in [2.75, 3.05) is 47.5 Å². The normalized spacial score (nSPS) is 17.4. The zero-order valence-corrected chi connectivity index (χ0v) is 40.7. The molecule has 0 amide bonds. The molecule has 0 radical (unpaired) electrons. The number of phosphoric ester groups is 1. The number of carbonyl (C=O) groups is 2. The number of allylic oxidation sites excluding steroid dienone is 10. The van der Waals surface area contributed by atoms with E-state index in [-0.39, 0.29) is 26.1 Å². The summed E-state index contributed by atoms with van der Waals surface area (Å²) in [6.45, 7) is 4.28. The summed E-state index contributed by atoms with van der Waals surface area (Å²) in [6, 6.07) is 0. The topological polar surface area (TPSA) is 121 Å². The fourth-order valence-electron chi connectivity index (χ4n) is 6.41. The van der Waals surface area contributed by atoms with Gasteiger partial charge in [-0.2, -0.15) is 0 Å². The molecule has 1 aliphatic heterocycles. The van der Waals surface area contributed by atoms with Crippen LogP contribution in [0.5, 0.6) is 0 Å². The largest absolute Gasteiger partial charge is 0.472 e. The van der Waals surface area contributed by atoms with Gasteiger partial charge in [-0.25, -0.2) is 4.57 Å². The molecule has 0 bridgehead atoms. The molecule has 3 unspecified atom stereocenters. The highest BCUT2D eigenvalue weighted by atomic mass is 31.2. The molecule has 0 aromatic rings. The van der Waals surface area contributed by atoms with Crippen LogP contribution in [0.25, 0.3) is 0 Å². The molecule has 1 saturated heterocycles. The number of ether oxygens (including phenoxy) is 3. The summed E-state index contributed by atoms with van der Waals surface area (Å²) in [5, 5.41) is 0. The second-order valence-corrected chi connectivity index (χ2v) is 19.0. The SMILES string of the molecule is CCCCC/C=C\CC1OC1C/C=C\C/C=C\CCCC(=O)OC[C@H](COP(=O)(O)OCC[N+](C)(C)C)OC(=O)CCCCCCCC/C=C\C/C=C\C/C=C\CCCCCC. The van der Waals surface area contributed by atoms with E-state index in [2.05, 4.69) is 86.8 Å². The van der Waals surface area contributed by atoms with Gasteiger partial charge < -0.3 is 23.6 Å². The fraction of sp³-hybridized carbons (Fsp3) is 0.725. The smallest absolute Gasteiger partial charge is 0.462 e. The van der Waals surface area contributed by atoms with Crippen molar-refractivity contribution in [3.63, 3.8) is 0 Å². The van der Waals surface area contributed by atoms with Gasteiger partial charge in [-0.3, -0.25) is 18.6 Å². The summed E-state index contributed by atoms with van der Waals surface area (Å²) in [7, 11) is 1.42. The molecule has 10 nitrogen and oxygen atoms in total. The molecule has 11 heteroatoms. The monoisotopic (exact) mass is 891 g/mol. The Hall–Kier alpha value is -2.59. The number of nitrogens with zero attached hydrogens (tertiary/aromatic N) is 1. The van der Waals surface area contributed by atoms with Crippen LogP contribution in [-0.4, -0.2) is 87.1 Å².